The molecule has 0 spiro atoms. The molecule has 1 aromatic heterocycles. The Balaban J connectivity index is 2.43. The van der Waals surface area contributed by atoms with Gasteiger partial charge >= 0.3 is 0 Å². The number of rotatable bonds is 4. The SMILES string of the molecule is CCC(C)(C)NCc1csc(Br)c1. The van der Waals surface area contributed by atoms with Crippen molar-refractivity contribution in [2.24, 2.45) is 0 Å². The van der Waals surface area contributed by atoms with Crippen LogP contribution < -0.4 is 5.32 Å². The van der Waals surface area contributed by atoms with Gasteiger partial charge in [0.1, 0.15) is 0 Å². The molecule has 0 saturated carbocycles. The molecule has 0 aliphatic rings. The molecular weight excluding hydrogens is 246 g/mol. The summed E-state index contributed by atoms with van der Waals surface area (Å²) in [6.45, 7) is 7.63. The first-order valence-electron chi connectivity index (χ1n) is 4.51. The van der Waals surface area contributed by atoms with Crippen LogP contribution in [0.2, 0.25) is 0 Å². The maximum atomic E-state index is 3.52. The minimum absolute atomic E-state index is 0.244. The van der Waals surface area contributed by atoms with Gasteiger partial charge in [0.15, 0.2) is 0 Å². The highest BCUT2D eigenvalue weighted by Crippen LogP contribution is 2.21. The van der Waals surface area contributed by atoms with Gasteiger partial charge in [-0.1, -0.05) is 6.92 Å². The van der Waals surface area contributed by atoms with E-state index in [1.165, 1.54) is 9.35 Å². The van der Waals surface area contributed by atoms with Gasteiger partial charge in [-0.05, 0) is 53.2 Å². The lowest BCUT2D eigenvalue weighted by Gasteiger charge is -2.24. The lowest BCUT2D eigenvalue weighted by atomic mass is 10.0. The van der Waals surface area contributed by atoms with Crippen LogP contribution in [0.4, 0.5) is 0 Å². The van der Waals surface area contributed by atoms with Gasteiger partial charge < -0.3 is 5.32 Å². The minimum Gasteiger partial charge on any atom is -0.308 e. The van der Waals surface area contributed by atoms with Crippen LogP contribution in [0.25, 0.3) is 0 Å². The summed E-state index contributed by atoms with van der Waals surface area (Å²) in [6.07, 6.45) is 1.15. The van der Waals surface area contributed by atoms with Gasteiger partial charge in [-0.2, -0.15) is 0 Å². The molecule has 0 unspecified atom stereocenters. The number of hydrogen-bond acceptors (Lipinski definition) is 2. The van der Waals surface area contributed by atoms with Crippen molar-refractivity contribution in [1.29, 1.82) is 0 Å². The summed E-state index contributed by atoms with van der Waals surface area (Å²) < 4.78 is 1.21. The molecule has 0 bridgehead atoms. The Hall–Kier alpha value is 0.140. The number of thiophene rings is 1. The summed E-state index contributed by atoms with van der Waals surface area (Å²) in [5.74, 6) is 0. The Labute approximate surface area is 92.7 Å². The van der Waals surface area contributed by atoms with Crippen LogP contribution in [0.3, 0.4) is 0 Å². The fourth-order valence-corrected chi connectivity index (χ4v) is 2.11. The maximum Gasteiger partial charge on any atom is 0.0701 e. The second kappa shape index (κ2) is 4.58. The monoisotopic (exact) mass is 261 g/mol. The quantitative estimate of drug-likeness (QED) is 0.870. The predicted octanol–water partition coefficient (Wildman–Crippen LogP) is 3.79. The molecule has 0 radical (unpaired) electrons. The van der Waals surface area contributed by atoms with Crippen LogP contribution in [0.15, 0.2) is 15.2 Å². The van der Waals surface area contributed by atoms with Gasteiger partial charge in [0.2, 0.25) is 0 Å². The number of halogens is 1. The normalized spacial score (nSPS) is 12.0. The highest BCUT2D eigenvalue weighted by Gasteiger charge is 2.13. The molecule has 3 heteroatoms. The smallest absolute Gasteiger partial charge is 0.0701 e. The molecule has 0 saturated heterocycles. The average Bonchev–Trinajstić information content (AvgIpc) is 2.48. The first kappa shape index (κ1) is 11.2. The molecule has 1 nitrogen and oxygen atoms in total. The van der Waals surface area contributed by atoms with Crippen molar-refractivity contribution in [1.82, 2.24) is 5.32 Å². The van der Waals surface area contributed by atoms with E-state index in [2.05, 4.69) is 53.5 Å². The molecule has 74 valence electrons. The van der Waals surface area contributed by atoms with E-state index in [4.69, 9.17) is 0 Å². The zero-order valence-corrected chi connectivity index (χ0v) is 10.8. The van der Waals surface area contributed by atoms with E-state index in [0.717, 1.165) is 13.0 Å². The van der Waals surface area contributed by atoms with Gasteiger partial charge in [0.25, 0.3) is 0 Å². The molecule has 0 aromatic carbocycles. The van der Waals surface area contributed by atoms with E-state index in [1.807, 2.05) is 0 Å². The summed E-state index contributed by atoms with van der Waals surface area (Å²) in [4.78, 5) is 0. The average molecular weight is 262 g/mol. The van der Waals surface area contributed by atoms with Crippen molar-refractivity contribution < 1.29 is 0 Å². The molecule has 0 atom stereocenters. The van der Waals surface area contributed by atoms with E-state index in [9.17, 15) is 0 Å². The first-order valence-corrected chi connectivity index (χ1v) is 6.19. The lowest BCUT2D eigenvalue weighted by molar-refractivity contribution is 0.375. The number of hydrogen-bond donors (Lipinski definition) is 1. The van der Waals surface area contributed by atoms with Crippen LogP contribution in [-0.2, 0) is 6.54 Å². The summed E-state index contributed by atoms with van der Waals surface area (Å²) in [7, 11) is 0. The highest BCUT2D eigenvalue weighted by atomic mass is 79.9. The van der Waals surface area contributed by atoms with Crippen LogP contribution in [0.1, 0.15) is 32.8 Å². The van der Waals surface area contributed by atoms with Gasteiger partial charge in [-0.25, -0.2) is 0 Å². The van der Waals surface area contributed by atoms with Crippen molar-refractivity contribution in [3.8, 4) is 0 Å². The minimum atomic E-state index is 0.244. The van der Waals surface area contributed by atoms with Crippen molar-refractivity contribution in [3.63, 3.8) is 0 Å². The zero-order chi connectivity index (χ0) is 9.90. The largest absolute Gasteiger partial charge is 0.308 e. The maximum absolute atomic E-state index is 3.52. The molecule has 13 heavy (non-hydrogen) atoms. The molecule has 0 aliphatic heterocycles. The Morgan fingerprint density at radius 3 is 2.69 bits per heavy atom. The summed E-state index contributed by atoms with van der Waals surface area (Å²) in [5, 5.41) is 5.71. The van der Waals surface area contributed by atoms with Gasteiger partial charge in [0, 0.05) is 12.1 Å². The summed E-state index contributed by atoms with van der Waals surface area (Å²) >= 11 is 5.20. The molecular formula is C10H16BrNS. The van der Waals surface area contributed by atoms with Gasteiger partial charge in [-0.15, -0.1) is 11.3 Å². The molecule has 1 aromatic rings. The predicted molar refractivity (Wildman–Crippen MR) is 63.2 cm³/mol. The number of nitrogens with one attached hydrogen (secondary N) is 1. The fraction of sp³-hybridized carbons (Fsp3) is 0.600. The van der Waals surface area contributed by atoms with Gasteiger partial charge in [-0.3, -0.25) is 0 Å². The summed E-state index contributed by atoms with van der Waals surface area (Å²) in [6, 6.07) is 2.17. The van der Waals surface area contributed by atoms with Crippen LogP contribution >= 0.6 is 27.3 Å². The topological polar surface area (TPSA) is 12.0 Å². The Kier molecular flexibility index (Phi) is 3.95. The van der Waals surface area contributed by atoms with Crippen molar-refractivity contribution in [2.45, 2.75) is 39.3 Å². The van der Waals surface area contributed by atoms with Crippen LogP contribution in [-0.4, -0.2) is 5.54 Å². The molecule has 0 aliphatic carbocycles. The van der Waals surface area contributed by atoms with E-state index in [1.54, 1.807) is 11.3 Å². The fourth-order valence-electron chi connectivity index (χ4n) is 0.905. The van der Waals surface area contributed by atoms with E-state index < -0.39 is 0 Å². The Morgan fingerprint density at radius 1 is 1.54 bits per heavy atom. The lowest BCUT2D eigenvalue weighted by Crippen LogP contribution is -2.37. The Bertz CT molecular complexity index is 268. The van der Waals surface area contributed by atoms with E-state index >= 15 is 0 Å². The van der Waals surface area contributed by atoms with E-state index in [-0.39, 0.29) is 5.54 Å². The molecule has 1 N–H and O–H groups in total. The molecule has 1 rings (SSSR count). The third kappa shape index (κ3) is 3.79. The summed E-state index contributed by atoms with van der Waals surface area (Å²) in [5.41, 5.74) is 1.60. The van der Waals surface area contributed by atoms with Crippen LogP contribution in [0, 0.1) is 0 Å². The molecule has 1 heterocycles. The Morgan fingerprint density at radius 2 is 2.23 bits per heavy atom. The van der Waals surface area contributed by atoms with Gasteiger partial charge in [0.05, 0.1) is 3.79 Å². The standard InChI is InChI=1S/C10H16BrNS/c1-4-10(2,3)12-6-8-5-9(11)13-7-8/h5,7,12H,4,6H2,1-3H3. The van der Waals surface area contributed by atoms with Crippen molar-refractivity contribution in [2.75, 3.05) is 0 Å². The van der Waals surface area contributed by atoms with Crippen molar-refractivity contribution >= 4 is 27.3 Å². The highest BCUT2D eigenvalue weighted by molar-refractivity contribution is 9.11. The molecule has 0 amide bonds. The molecule has 0 fully saturated rings. The second-order valence-corrected chi connectivity index (χ2v) is 6.14. The first-order chi connectivity index (χ1) is 6.03. The third-order valence-electron chi connectivity index (χ3n) is 2.28. The van der Waals surface area contributed by atoms with Crippen LogP contribution in [0.5, 0.6) is 0 Å². The third-order valence-corrected chi connectivity index (χ3v) is 3.83. The van der Waals surface area contributed by atoms with E-state index in [0.29, 0.717) is 0 Å². The zero-order valence-electron chi connectivity index (χ0n) is 8.36. The van der Waals surface area contributed by atoms with Crippen molar-refractivity contribution in [3.05, 3.63) is 20.8 Å². The second-order valence-electron chi connectivity index (χ2n) is 3.85.